The van der Waals surface area contributed by atoms with E-state index in [2.05, 4.69) is 22.4 Å². The summed E-state index contributed by atoms with van der Waals surface area (Å²) in [7, 11) is 0. The third-order valence-electron chi connectivity index (χ3n) is 1.78. The largest absolute Gasteiger partial charge is 0.311 e. The third kappa shape index (κ3) is 2.75. The molecule has 0 bridgehead atoms. The Balaban J connectivity index is 2.13. The standard InChI is InChI=1S/C9H10ClN3S2/c1-2-11-5-8-12-13-9(15-8)6-3-4-7(10)14-6/h3-4,11H,2,5H2,1H3. The van der Waals surface area contributed by atoms with Crippen LogP contribution >= 0.6 is 34.3 Å². The highest BCUT2D eigenvalue weighted by Crippen LogP contribution is 2.32. The highest BCUT2D eigenvalue weighted by molar-refractivity contribution is 7.23. The quantitative estimate of drug-likeness (QED) is 0.917. The van der Waals surface area contributed by atoms with Gasteiger partial charge in [0.05, 0.1) is 9.21 Å². The summed E-state index contributed by atoms with van der Waals surface area (Å²) < 4.78 is 0.786. The normalized spacial score (nSPS) is 10.8. The van der Waals surface area contributed by atoms with Gasteiger partial charge in [0, 0.05) is 6.54 Å². The van der Waals surface area contributed by atoms with Crippen LogP contribution in [-0.4, -0.2) is 16.7 Å². The molecule has 0 spiro atoms. The molecule has 2 heterocycles. The van der Waals surface area contributed by atoms with Crippen LogP contribution in [0.15, 0.2) is 12.1 Å². The lowest BCUT2D eigenvalue weighted by molar-refractivity contribution is 0.715. The van der Waals surface area contributed by atoms with Gasteiger partial charge in [-0.1, -0.05) is 29.9 Å². The predicted octanol–water partition coefficient (Wildman–Crippen LogP) is 3.03. The Morgan fingerprint density at radius 1 is 1.33 bits per heavy atom. The fourth-order valence-electron chi connectivity index (χ4n) is 1.09. The monoisotopic (exact) mass is 259 g/mol. The Hall–Kier alpha value is -0.490. The number of rotatable bonds is 4. The van der Waals surface area contributed by atoms with Crippen molar-refractivity contribution in [2.45, 2.75) is 13.5 Å². The number of nitrogens with one attached hydrogen (secondary N) is 1. The molecule has 0 aliphatic rings. The van der Waals surface area contributed by atoms with E-state index in [1.54, 1.807) is 11.3 Å². The van der Waals surface area contributed by atoms with Crippen molar-refractivity contribution in [2.24, 2.45) is 0 Å². The van der Waals surface area contributed by atoms with Gasteiger partial charge in [-0.25, -0.2) is 0 Å². The molecule has 0 unspecified atom stereocenters. The van der Waals surface area contributed by atoms with Crippen molar-refractivity contribution in [1.82, 2.24) is 15.5 Å². The second kappa shape index (κ2) is 5.03. The molecule has 6 heteroatoms. The molecule has 3 nitrogen and oxygen atoms in total. The van der Waals surface area contributed by atoms with Gasteiger partial charge in [-0.05, 0) is 18.7 Å². The van der Waals surface area contributed by atoms with Crippen molar-refractivity contribution in [2.75, 3.05) is 6.54 Å². The summed E-state index contributed by atoms with van der Waals surface area (Å²) in [4.78, 5) is 1.08. The summed E-state index contributed by atoms with van der Waals surface area (Å²) in [5.74, 6) is 0. The number of thiophene rings is 1. The molecule has 15 heavy (non-hydrogen) atoms. The second-order valence-corrected chi connectivity index (χ2v) is 5.66. The summed E-state index contributed by atoms with van der Waals surface area (Å²) in [6.07, 6.45) is 0. The van der Waals surface area contributed by atoms with Crippen LogP contribution in [0.4, 0.5) is 0 Å². The predicted molar refractivity (Wildman–Crippen MR) is 65.6 cm³/mol. The van der Waals surface area contributed by atoms with E-state index in [-0.39, 0.29) is 0 Å². The molecule has 0 aliphatic carbocycles. The molecule has 0 fully saturated rings. The molecule has 0 saturated carbocycles. The average Bonchev–Trinajstić information content (AvgIpc) is 2.83. The van der Waals surface area contributed by atoms with Crippen molar-refractivity contribution in [3.63, 3.8) is 0 Å². The van der Waals surface area contributed by atoms with Gasteiger partial charge in [0.25, 0.3) is 0 Å². The molecule has 0 amide bonds. The molecule has 0 radical (unpaired) electrons. The molecule has 0 saturated heterocycles. The van der Waals surface area contributed by atoms with E-state index < -0.39 is 0 Å². The van der Waals surface area contributed by atoms with Gasteiger partial charge in [-0.15, -0.1) is 21.5 Å². The first-order chi connectivity index (χ1) is 7.29. The molecule has 0 aliphatic heterocycles. The van der Waals surface area contributed by atoms with Crippen LogP contribution in [0.2, 0.25) is 4.34 Å². The Labute approximate surface area is 101 Å². The smallest absolute Gasteiger partial charge is 0.157 e. The first kappa shape index (κ1) is 11.0. The summed E-state index contributed by atoms with van der Waals surface area (Å²) >= 11 is 9.00. The molecular formula is C9H10ClN3S2. The van der Waals surface area contributed by atoms with Crippen molar-refractivity contribution >= 4 is 34.3 Å². The first-order valence-corrected chi connectivity index (χ1v) is 6.59. The van der Waals surface area contributed by atoms with E-state index in [4.69, 9.17) is 11.6 Å². The molecule has 1 N–H and O–H groups in total. The number of halogens is 1. The topological polar surface area (TPSA) is 37.8 Å². The van der Waals surface area contributed by atoms with Crippen LogP contribution in [0.25, 0.3) is 9.88 Å². The zero-order valence-corrected chi connectivity index (χ0v) is 10.5. The van der Waals surface area contributed by atoms with Crippen LogP contribution in [0.5, 0.6) is 0 Å². The van der Waals surface area contributed by atoms with E-state index in [0.29, 0.717) is 0 Å². The summed E-state index contributed by atoms with van der Waals surface area (Å²) in [6.45, 7) is 3.80. The van der Waals surface area contributed by atoms with Gasteiger partial charge in [0.2, 0.25) is 0 Å². The maximum atomic E-state index is 5.86. The van der Waals surface area contributed by atoms with Crippen LogP contribution < -0.4 is 5.32 Å². The van der Waals surface area contributed by atoms with Crippen molar-refractivity contribution < 1.29 is 0 Å². The van der Waals surface area contributed by atoms with Gasteiger partial charge in [-0.2, -0.15) is 0 Å². The van der Waals surface area contributed by atoms with Crippen LogP contribution in [0.1, 0.15) is 11.9 Å². The van der Waals surface area contributed by atoms with Gasteiger partial charge in [0.15, 0.2) is 5.01 Å². The van der Waals surface area contributed by atoms with Gasteiger partial charge in [0.1, 0.15) is 5.01 Å². The maximum Gasteiger partial charge on any atom is 0.157 e. The number of aromatic nitrogens is 2. The molecule has 0 atom stereocenters. The van der Waals surface area contributed by atoms with Gasteiger partial charge in [-0.3, -0.25) is 0 Å². The summed E-state index contributed by atoms with van der Waals surface area (Å²) in [5, 5.41) is 13.4. The van der Waals surface area contributed by atoms with Crippen LogP contribution in [0.3, 0.4) is 0 Å². The van der Waals surface area contributed by atoms with E-state index in [9.17, 15) is 0 Å². The Bertz CT molecular complexity index is 438. The number of nitrogens with zero attached hydrogens (tertiary/aromatic N) is 2. The molecule has 0 aromatic carbocycles. The highest BCUT2D eigenvalue weighted by Gasteiger charge is 2.08. The minimum atomic E-state index is 0.785. The lowest BCUT2D eigenvalue weighted by atomic mass is 10.5. The lowest BCUT2D eigenvalue weighted by Crippen LogP contribution is -2.11. The maximum absolute atomic E-state index is 5.86. The van der Waals surface area contributed by atoms with Crippen LogP contribution in [-0.2, 0) is 6.54 Å². The average molecular weight is 260 g/mol. The first-order valence-electron chi connectivity index (χ1n) is 4.58. The second-order valence-electron chi connectivity index (χ2n) is 2.89. The summed E-state index contributed by atoms with van der Waals surface area (Å²) in [6, 6.07) is 3.86. The number of hydrogen-bond donors (Lipinski definition) is 1. The van der Waals surface area contributed by atoms with E-state index >= 15 is 0 Å². The van der Waals surface area contributed by atoms with Crippen molar-refractivity contribution in [3.05, 3.63) is 21.5 Å². The minimum Gasteiger partial charge on any atom is -0.311 e. The lowest BCUT2D eigenvalue weighted by Gasteiger charge is -1.93. The highest BCUT2D eigenvalue weighted by atomic mass is 35.5. The fourth-order valence-corrected chi connectivity index (χ4v) is 2.99. The van der Waals surface area contributed by atoms with Crippen molar-refractivity contribution in [3.8, 4) is 9.88 Å². The molecule has 2 rings (SSSR count). The Morgan fingerprint density at radius 2 is 2.20 bits per heavy atom. The van der Waals surface area contributed by atoms with Gasteiger partial charge >= 0.3 is 0 Å². The number of hydrogen-bond acceptors (Lipinski definition) is 5. The molecule has 2 aromatic heterocycles. The molecular weight excluding hydrogens is 250 g/mol. The minimum absolute atomic E-state index is 0.785. The zero-order chi connectivity index (χ0) is 10.7. The molecule has 80 valence electrons. The Morgan fingerprint density at radius 3 is 2.87 bits per heavy atom. The van der Waals surface area contributed by atoms with Crippen molar-refractivity contribution in [1.29, 1.82) is 0 Å². The van der Waals surface area contributed by atoms with Crippen LogP contribution in [0, 0.1) is 0 Å². The van der Waals surface area contributed by atoms with E-state index in [1.165, 1.54) is 11.3 Å². The fraction of sp³-hybridized carbons (Fsp3) is 0.333. The third-order valence-corrected chi connectivity index (χ3v) is 4.10. The molecule has 2 aromatic rings. The van der Waals surface area contributed by atoms with E-state index in [1.807, 2.05) is 12.1 Å². The zero-order valence-electron chi connectivity index (χ0n) is 8.16. The Kier molecular flexibility index (Phi) is 3.69. The summed E-state index contributed by atoms with van der Waals surface area (Å²) in [5.41, 5.74) is 0. The SMILES string of the molecule is CCNCc1nnc(-c2ccc(Cl)s2)s1. The van der Waals surface area contributed by atoms with Gasteiger partial charge < -0.3 is 5.32 Å². The van der Waals surface area contributed by atoms with E-state index in [0.717, 1.165) is 32.3 Å².